The highest BCUT2D eigenvalue weighted by molar-refractivity contribution is 5.81. The quantitative estimate of drug-likeness (QED) is 0.632. The number of carbonyl (C=O) groups is 1. The first-order valence-corrected chi connectivity index (χ1v) is 10.6. The first-order chi connectivity index (χ1) is 14.7. The number of ether oxygens (including phenoxy) is 2. The largest absolute Gasteiger partial charge is 0.454 e. The molecule has 1 saturated carbocycles. The molecule has 1 aliphatic carbocycles. The zero-order chi connectivity index (χ0) is 20.2. The molecule has 0 saturated heterocycles. The standard InChI is InChI=1S/C24H23N3O3/c1-14-3-2-4-19(25-14)22-23(16-5-8-20-21(12-16)30-13-29-20)27-10-9-15-11-17(28)6-7-18(15)24(27)26-22/h2-5,8,12,15,18H,6-7,9-11,13H2,1H3/t15-,18-/m0/s1. The van der Waals surface area contributed by atoms with Crippen molar-refractivity contribution in [2.45, 2.75) is 45.1 Å². The van der Waals surface area contributed by atoms with E-state index in [-0.39, 0.29) is 6.79 Å². The number of carbonyl (C=O) groups excluding carboxylic acids is 1. The van der Waals surface area contributed by atoms with Gasteiger partial charge >= 0.3 is 0 Å². The Labute approximate surface area is 174 Å². The van der Waals surface area contributed by atoms with Gasteiger partial charge in [-0.05, 0) is 56.0 Å². The fraction of sp³-hybridized carbons (Fsp3) is 0.375. The molecule has 0 spiro atoms. The molecule has 0 unspecified atom stereocenters. The Bertz CT molecular complexity index is 1170. The second kappa shape index (κ2) is 6.69. The van der Waals surface area contributed by atoms with Gasteiger partial charge in [-0.2, -0.15) is 0 Å². The maximum Gasteiger partial charge on any atom is 0.231 e. The molecule has 4 heterocycles. The summed E-state index contributed by atoms with van der Waals surface area (Å²) in [5.41, 5.74) is 4.90. The fourth-order valence-electron chi connectivity index (χ4n) is 5.20. The van der Waals surface area contributed by atoms with Crippen LogP contribution in [0.1, 0.15) is 43.1 Å². The van der Waals surface area contributed by atoms with E-state index in [1.165, 1.54) is 0 Å². The second-order valence-electron chi connectivity index (χ2n) is 8.49. The number of hydrogen-bond donors (Lipinski definition) is 0. The molecule has 2 atom stereocenters. The van der Waals surface area contributed by atoms with E-state index in [2.05, 4.69) is 10.6 Å². The molecular weight excluding hydrogens is 378 g/mol. The topological polar surface area (TPSA) is 66.2 Å². The van der Waals surface area contributed by atoms with Gasteiger partial charge in [0.15, 0.2) is 11.5 Å². The molecule has 6 heteroatoms. The molecule has 0 radical (unpaired) electrons. The Morgan fingerprint density at radius 2 is 1.97 bits per heavy atom. The van der Waals surface area contributed by atoms with E-state index in [1.807, 2.05) is 37.3 Å². The number of Topliss-reactive ketones (excluding diaryl/α,β-unsaturated/α-hetero) is 1. The van der Waals surface area contributed by atoms with Gasteiger partial charge in [0.05, 0.1) is 11.4 Å². The van der Waals surface area contributed by atoms with Crippen LogP contribution in [-0.2, 0) is 11.3 Å². The summed E-state index contributed by atoms with van der Waals surface area (Å²) < 4.78 is 13.5. The molecule has 2 aromatic heterocycles. The SMILES string of the molecule is Cc1cccc(-c2nc3n(c2-c2ccc4c(c2)OCO4)CC[C@H]2CC(=O)CC[C@H]32)n1. The van der Waals surface area contributed by atoms with Crippen molar-refractivity contribution in [1.82, 2.24) is 14.5 Å². The normalized spacial score (nSPS) is 22.0. The van der Waals surface area contributed by atoms with Gasteiger partial charge in [0.1, 0.15) is 17.3 Å². The van der Waals surface area contributed by atoms with Gasteiger partial charge in [0.25, 0.3) is 0 Å². The zero-order valence-corrected chi connectivity index (χ0v) is 16.9. The number of ketones is 1. The number of pyridine rings is 1. The number of aryl methyl sites for hydroxylation is 1. The second-order valence-corrected chi connectivity index (χ2v) is 8.49. The minimum Gasteiger partial charge on any atom is -0.454 e. The van der Waals surface area contributed by atoms with Crippen LogP contribution >= 0.6 is 0 Å². The van der Waals surface area contributed by atoms with E-state index >= 15 is 0 Å². The highest BCUT2D eigenvalue weighted by Crippen LogP contribution is 2.46. The van der Waals surface area contributed by atoms with E-state index < -0.39 is 0 Å². The van der Waals surface area contributed by atoms with Crippen molar-refractivity contribution in [1.29, 1.82) is 0 Å². The summed E-state index contributed by atoms with van der Waals surface area (Å²) in [6.45, 7) is 3.13. The number of hydrogen-bond acceptors (Lipinski definition) is 5. The van der Waals surface area contributed by atoms with Crippen molar-refractivity contribution in [3.8, 4) is 34.1 Å². The molecule has 6 nitrogen and oxygen atoms in total. The maximum absolute atomic E-state index is 12.0. The van der Waals surface area contributed by atoms with E-state index in [1.54, 1.807) is 0 Å². The molecule has 30 heavy (non-hydrogen) atoms. The summed E-state index contributed by atoms with van der Waals surface area (Å²) >= 11 is 0. The summed E-state index contributed by atoms with van der Waals surface area (Å²) in [6, 6.07) is 12.1. The van der Waals surface area contributed by atoms with E-state index in [9.17, 15) is 4.79 Å². The molecule has 0 bridgehead atoms. The van der Waals surface area contributed by atoms with Crippen LogP contribution in [0, 0.1) is 12.8 Å². The number of imidazole rings is 1. The molecule has 0 N–H and O–H groups in total. The van der Waals surface area contributed by atoms with Crippen molar-refractivity contribution in [3.63, 3.8) is 0 Å². The lowest BCUT2D eigenvalue weighted by molar-refractivity contribution is -0.122. The van der Waals surface area contributed by atoms with Gasteiger partial charge < -0.3 is 14.0 Å². The molecule has 2 aliphatic heterocycles. The van der Waals surface area contributed by atoms with Crippen molar-refractivity contribution < 1.29 is 14.3 Å². The molecule has 6 rings (SSSR count). The van der Waals surface area contributed by atoms with Gasteiger partial charge in [0, 0.05) is 36.6 Å². The van der Waals surface area contributed by atoms with Crippen LogP contribution in [0.3, 0.4) is 0 Å². The number of rotatable bonds is 2. The predicted octanol–water partition coefficient (Wildman–Crippen LogP) is 4.51. The van der Waals surface area contributed by atoms with Crippen LogP contribution < -0.4 is 9.47 Å². The Balaban J connectivity index is 1.55. The maximum atomic E-state index is 12.0. The molecule has 3 aliphatic rings. The Morgan fingerprint density at radius 1 is 1.07 bits per heavy atom. The molecular formula is C24H23N3O3. The fourth-order valence-corrected chi connectivity index (χ4v) is 5.20. The van der Waals surface area contributed by atoms with Crippen LogP contribution in [0.25, 0.3) is 22.6 Å². The van der Waals surface area contributed by atoms with Crippen LogP contribution in [0.4, 0.5) is 0 Å². The zero-order valence-electron chi connectivity index (χ0n) is 16.9. The highest BCUT2D eigenvalue weighted by atomic mass is 16.7. The summed E-state index contributed by atoms with van der Waals surface area (Å²) in [6.07, 6.45) is 3.25. The number of nitrogens with zero attached hydrogens (tertiary/aromatic N) is 3. The van der Waals surface area contributed by atoms with Gasteiger partial charge in [-0.15, -0.1) is 0 Å². The van der Waals surface area contributed by atoms with E-state index in [4.69, 9.17) is 19.4 Å². The third-order valence-corrected chi connectivity index (χ3v) is 6.62. The van der Waals surface area contributed by atoms with Gasteiger partial charge in [0.2, 0.25) is 6.79 Å². The van der Waals surface area contributed by atoms with Crippen molar-refractivity contribution in [2.75, 3.05) is 6.79 Å². The molecule has 152 valence electrons. The lowest BCUT2D eigenvalue weighted by Gasteiger charge is -2.35. The van der Waals surface area contributed by atoms with Crippen molar-refractivity contribution in [3.05, 3.63) is 47.9 Å². The van der Waals surface area contributed by atoms with Gasteiger partial charge in [-0.25, -0.2) is 4.98 Å². The highest BCUT2D eigenvalue weighted by Gasteiger charge is 2.38. The van der Waals surface area contributed by atoms with Gasteiger partial charge in [-0.1, -0.05) is 6.07 Å². The van der Waals surface area contributed by atoms with Crippen LogP contribution in [-0.4, -0.2) is 27.1 Å². The van der Waals surface area contributed by atoms with Gasteiger partial charge in [-0.3, -0.25) is 9.78 Å². The molecule has 1 aromatic carbocycles. The number of fused-ring (bicyclic) bond motifs is 4. The number of aromatic nitrogens is 3. The van der Waals surface area contributed by atoms with E-state index in [0.717, 1.165) is 65.0 Å². The third kappa shape index (κ3) is 2.74. The summed E-state index contributed by atoms with van der Waals surface area (Å²) in [7, 11) is 0. The Hall–Kier alpha value is -3.15. The third-order valence-electron chi connectivity index (χ3n) is 6.62. The first-order valence-electron chi connectivity index (χ1n) is 10.6. The summed E-state index contributed by atoms with van der Waals surface area (Å²) in [4.78, 5) is 22.0. The summed E-state index contributed by atoms with van der Waals surface area (Å²) in [5.74, 6) is 3.78. The smallest absolute Gasteiger partial charge is 0.231 e. The molecule has 3 aromatic rings. The van der Waals surface area contributed by atoms with Crippen molar-refractivity contribution in [2.24, 2.45) is 5.92 Å². The number of benzene rings is 1. The summed E-state index contributed by atoms with van der Waals surface area (Å²) in [5, 5.41) is 0. The van der Waals surface area contributed by atoms with Crippen molar-refractivity contribution >= 4 is 5.78 Å². The van der Waals surface area contributed by atoms with E-state index in [0.29, 0.717) is 30.5 Å². The lowest BCUT2D eigenvalue weighted by atomic mass is 9.75. The monoisotopic (exact) mass is 401 g/mol. The first kappa shape index (κ1) is 17.7. The van der Waals surface area contributed by atoms with Crippen LogP contribution in [0.2, 0.25) is 0 Å². The Morgan fingerprint density at radius 3 is 2.87 bits per heavy atom. The molecule has 0 amide bonds. The van der Waals surface area contributed by atoms with Crippen LogP contribution in [0.15, 0.2) is 36.4 Å². The molecule has 1 fully saturated rings. The minimum atomic E-state index is 0.257. The average molecular weight is 401 g/mol. The lowest BCUT2D eigenvalue weighted by Crippen LogP contribution is -2.31. The minimum absolute atomic E-state index is 0.257. The Kier molecular flexibility index (Phi) is 3.94. The average Bonchev–Trinajstić information content (AvgIpc) is 3.37. The van der Waals surface area contributed by atoms with Crippen LogP contribution in [0.5, 0.6) is 11.5 Å². The predicted molar refractivity (Wildman–Crippen MR) is 111 cm³/mol.